The zero-order valence-electron chi connectivity index (χ0n) is 14.3. The van der Waals surface area contributed by atoms with E-state index in [2.05, 4.69) is 11.4 Å². The fraction of sp³-hybridized carbons (Fsp3) is 0.250. The van der Waals surface area contributed by atoms with Gasteiger partial charge in [0.05, 0.1) is 11.6 Å². The first kappa shape index (κ1) is 17.5. The summed E-state index contributed by atoms with van der Waals surface area (Å²) in [5.74, 6) is 0.506. The third-order valence-electron chi connectivity index (χ3n) is 4.23. The van der Waals surface area contributed by atoms with Gasteiger partial charge in [0.25, 0.3) is 5.91 Å². The smallest absolute Gasteiger partial charge is 0.253 e. The molecule has 2 amide bonds. The fourth-order valence-corrected chi connectivity index (χ4v) is 2.76. The van der Waals surface area contributed by atoms with Crippen molar-refractivity contribution in [3.05, 3.63) is 65.2 Å². The number of hydrogen-bond donors (Lipinski definition) is 1. The molecule has 3 rings (SSSR count). The van der Waals surface area contributed by atoms with Gasteiger partial charge in [-0.05, 0) is 30.3 Å². The molecule has 0 spiro atoms. The van der Waals surface area contributed by atoms with Crippen molar-refractivity contribution in [1.29, 1.82) is 5.26 Å². The maximum absolute atomic E-state index is 12.5. The van der Waals surface area contributed by atoms with Crippen LogP contribution in [0.1, 0.15) is 27.9 Å². The molecule has 0 bridgehead atoms. The van der Waals surface area contributed by atoms with Crippen LogP contribution in [-0.4, -0.2) is 36.3 Å². The molecular weight excluding hydrogens is 330 g/mol. The van der Waals surface area contributed by atoms with Gasteiger partial charge in [0.2, 0.25) is 5.91 Å². The molecule has 0 atom stereocenters. The van der Waals surface area contributed by atoms with Crippen LogP contribution in [0.15, 0.2) is 48.5 Å². The van der Waals surface area contributed by atoms with Gasteiger partial charge in [-0.1, -0.05) is 18.2 Å². The molecule has 26 heavy (non-hydrogen) atoms. The Balaban J connectivity index is 1.62. The molecule has 0 aromatic heterocycles. The number of carbonyl (C=O) groups is 2. The van der Waals surface area contributed by atoms with Gasteiger partial charge < -0.3 is 15.0 Å². The number of amides is 2. The van der Waals surface area contributed by atoms with Gasteiger partial charge in [-0.2, -0.15) is 5.26 Å². The molecule has 0 radical (unpaired) electrons. The highest BCUT2D eigenvalue weighted by Crippen LogP contribution is 2.17. The average molecular weight is 349 g/mol. The topological polar surface area (TPSA) is 82.4 Å². The van der Waals surface area contributed by atoms with Crippen LogP contribution in [0.3, 0.4) is 0 Å². The largest absolute Gasteiger partial charge is 0.489 e. The van der Waals surface area contributed by atoms with E-state index in [0.29, 0.717) is 42.9 Å². The van der Waals surface area contributed by atoms with E-state index in [1.807, 2.05) is 18.2 Å². The van der Waals surface area contributed by atoms with Gasteiger partial charge in [-0.3, -0.25) is 9.59 Å². The van der Waals surface area contributed by atoms with Crippen LogP contribution in [-0.2, 0) is 11.4 Å². The lowest BCUT2D eigenvalue weighted by Crippen LogP contribution is -2.34. The Labute approximate surface area is 152 Å². The summed E-state index contributed by atoms with van der Waals surface area (Å²) in [6.07, 6.45) is 0.325. The second-order valence-electron chi connectivity index (χ2n) is 5.97. The van der Waals surface area contributed by atoms with E-state index >= 15 is 0 Å². The minimum atomic E-state index is -0.0946. The van der Waals surface area contributed by atoms with Gasteiger partial charge in [-0.25, -0.2) is 0 Å². The van der Waals surface area contributed by atoms with E-state index in [4.69, 9.17) is 10.00 Å². The summed E-state index contributed by atoms with van der Waals surface area (Å²) in [6.45, 7) is 1.70. The number of nitriles is 1. The number of carbonyl (C=O) groups excluding carboxylic acids is 2. The highest BCUT2D eigenvalue weighted by Gasteiger charge is 2.19. The predicted octanol–water partition coefficient (Wildman–Crippen LogP) is 2.10. The number of rotatable bonds is 4. The van der Waals surface area contributed by atoms with Crippen LogP contribution >= 0.6 is 0 Å². The molecule has 1 aliphatic heterocycles. The molecule has 1 aliphatic rings. The Hall–Kier alpha value is -3.33. The molecule has 0 unspecified atom stereocenters. The molecular formula is C20H19N3O3. The summed E-state index contributed by atoms with van der Waals surface area (Å²) in [5.41, 5.74) is 1.96. The third kappa shape index (κ3) is 4.19. The van der Waals surface area contributed by atoms with E-state index in [-0.39, 0.29) is 18.4 Å². The Bertz CT molecular complexity index is 840. The molecule has 2 aromatic rings. The normalized spacial score (nSPS) is 14.1. The van der Waals surface area contributed by atoms with Crippen molar-refractivity contribution in [3.8, 4) is 11.8 Å². The Morgan fingerprint density at radius 2 is 1.92 bits per heavy atom. The van der Waals surface area contributed by atoms with Gasteiger partial charge in [0.1, 0.15) is 12.4 Å². The number of hydrogen-bond acceptors (Lipinski definition) is 4. The van der Waals surface area contributed by atoms with Crippen LogP contribution < -0.4 is 10.1 Å². The van der Waals surface area contributed by atoms with E-state index in [9.17, 15) is 9.59 Å². The Morgan fingerprint density at radius 1 is 1.15 bits per heavy atom. The monoisotopic (exact) mass is 349 g/mol. The summed E-state index contributed by atoms with van der Waals surface area (Å²) < 4.78 is 5.72. The predicted molar refractivity (Wildman–Crippen MR) is 95.5 cm³/mol. The number of ether oxygens (including phenoxy) is 1. The van der Waals surface area contributed by atoms with E-state index < -0.39 is 0 Å². The van der Waals surface area contributed by atoms with Crippen molar-refractivity contribution >= 4 is 11.8 Å². The molecule has 1 N–H and O–H groups in total. The maximum Gasteiger partial charge on any atom is 0.253 e. The quantitative estimate of drug-likeness (QED) is 0.916. The second kappa shape index (κ2) is 8.17. The maximum atomic E-state index is 12.5. The first-order valence-electron chi connectivity index (χ1n) is 8.44. The first-order valence-corrected chi connectivity index (χ1v) is 8.44. The number of nitrogens with one attached hydrogen (secondary N) is 1. The van der Waals surface area contributed by atoms with Gasteiger partial charge in [0.15, 0.2) is 0 Å². The second-order valence-corrected chi connectivity index (χ2v) is 5.97. The van der Waals surface area contributed by atoms with Crippen LogP contribution in [0.2, 0.25) is 0 Å². The van der Waals surface area contributed by atoms with Crippen molar-refractivity contribution in [1.82, 2.24) is 10.2 Å². The summed E-state index contributed by atoms with van der Waals surface area (Å²) >= 11 is 0. The Morgan fingerprint density at radius 3 is 2.69 bits per heavy atom. The zero-order chi connectivity index (χ0) is 18.4. The highest BCUT2D eigenvalue weighted by molar-refractivity contribution is 5.94. The molecule has 2 aromatic carbocycles. The first-order chi connectivity index (χ1) is 12.7. The summed E-state index contributed by atoms with van der Waals surface area (Å²) in [7, 11) is 0. The lowest BCUT2D eigenvalue weighted by molar-refractivity contribution is -0.120. The number of nitrogens with zero attached hydrogens (tertiary/aromatic N) is 2. The molecule has 0 saturated carbocycles. The molecule has 0 aliphatic carbocycles. The Kier molecular flexibility index (Phi) is 5.49. The zero-order valence-corrected chi connectivity index (χ0v) is 14.3. The van der Waals surface area contributed by atoms with Gasteiger partial charge in [-0.15, -0.1) is 0 Å². The molecule has 1 fully saturated rings. The molecule has 132 valence electrons. The third-order valence-corrected chi connectivity index (χ3v) is 4.23. The summed E-state index contributed by atoms with van der Waals surface area (Å²) in [5, 5.41) is 11.9. The van der Waals surface area contributed by atoms with E-state index in [1.54, 1.807) is 35.2 Å². The number of benzene rings is 2. The van der Waals surface area contributed by atoms with Crippen LogP contribution in [0.5, 0.6) is 5.75 Å². The van der Waals surface area contributed by atoms with Gasteiger partial charge >= 0.3 is 0 Å². The van der Waals surface area contributed by atoms with Crippen molar-refractivity contribution < 1.29 is 14.3 Å². The van der Waals surface area contributed by atoms with Crippen molar-refractivity contribution in [2.45, 2.75) is 13.0 Å². The van der Waals surface area contributed by atoms with Crippen LogP contribution in [0, 0.1) is 11.3 Å². The summed E-state index contributed by atoms with van der Waals surface area (Å²) in [4.78, 5) is 25.6. The summed E-state index contributed by atoms with van der Waals surface area (Å²) in [6, 6.07) is 16.3. The minimum absolute atomic E-state index is 0.0262. The van der Waals surface area contributed by atoms with Crippen LogP contribution in [0.25, 0.3) is 0 Å². The fourth-order valence-electron chi connectivity index (χ4n) is 2.76. The van der Waals surface area contributed by atoms with Crippen molar-refractivity contribution in [2.75, 3.05) is 19.6 Å². The van der Waals surface area contributed by atoms with Gasteiger partial charge in [0, 0.05) is 37.2 Å². The molecule has 6 heteroatoms. The SMILES string of the molecule is N#Cc1ccccc1COc1ccc(C(=O)N2CCNC(=O)CC2)cc1. The van der Waals surface area contributed by atoms with Crippen molar-refractivity contribution in [3.63, 3.8) is 0 Å². The highest BCUT2D eigenvalue weighted by atomic mass is 16.5. The average Bonchev–Trinajstić information content (AvgIpc) is 2.91. The van der Waals surface area contributed by atoms with Crippen LogP contribution in [0.4, 0.5) is 0 Å². The van der Waals surface area contributed by atoms with E-state index in [0.717, 1.165) is 5.56 Å². The lowest BCUT2D eigenvalue weighted by Gasteiger charge is -2.19. The molecule has 1 saturated heterocycles. The molecule has 6 nitrogen and oxygen atoms in total. The minimum Gasteiger partial charge on any atom is -0.489 e. The lowest BCUT2D eigenvalue weighted by atomic mass is 10.1. The van der Waals surface area contributed by atoms with Crippen molar-refractivity contribution in [2.24, 2.45) is 0 Å². The standard InChI is InChI=1S/C20H19N3O3/c21-13-16-3-1-2-4-17(16)14-26-18-7-5-15(6-8-18)20(25)23-11-9-19(24)22-10-12-23/h1-8H,9-12,14H2,(H,22,24). The molecule has 1 heterocycles. The van der Waals surface area contributed by atoms with E-state index in [1.165, 1.54) is 0 Å².